The molecule has 41 heavy (non-hydrogen) atoms. The average Bonchev–Trinajstić information content (AvgIpc) is 3.00. The second-order valence-corrected chi connectivity index (χ2v) is 10.7. The largest absolute Gasteiger partial charge is 0.497 e. The normalized spacial score (nSPS) is 20.3. The molecule has 0 saturated carbocycles. The number of hydrogen-bond donors (Lipinski definition) is 1. The molecule has 218 valence electrons. The van der Waals surface area contributed by atoms with E-state index in [-0.39, 0.29) is 29.9 Å². The lowest BCUT2D eigenvalue weighted by atomic mass is 10.0. The molecule has 1 N–H and O–H groups in total. The van der Waals surface area contributed by atoms with Crippen LogP contribution in [0.5, 0.6) is 11.5 Å². The Morgan fingerprint density at radius 1 is 1.00 bits per heavy atom. The second kappa shape index (κ2) is 14.1. The molecular formula is C33H41N3O5. The van der Waals surface area contributed by atoms with Crippen LogP contribution >= 0.6 is 0 Å². The van der Waals surface area contributed by atoms with Gasteiger partial charge >= 0.3 is 0 Å². The van der Waals surface area contributed by atoms with Gasteiger partial charge in [-0.05, 0) is 61.2 Å². The van der Waals surface area contributed by atoms with Crippen LogP contribution < -0.4 is 14.8 Å². The van der Waals surface area contributed by atoms with Gasteiger partial charge in [0.15, 0.2) is 0 Å². The Morgan fingerprint density at radius 2 is 1.78 bits per heavy atom. The summed E-state index contributed by atoms with van der Waals surface area (Å²) >= 11 is 0. The average molecular weight is 560 g/mol. The Balaban J connectivity index is 1.58. The third kappa shape index (κ3) is 7.86. The van der Waals surface area contributed by atoms with Gasteiger partial charge in [0.1, 0.15) is 18.1 Å². The number of amides is 2. The van der Waals surface area contributed by atoms with Gasteiger partial charge in [-0.15, -0.1) is 0 Å². The minimum atomic E-state index is -0.297. The zero-order valence-corrected chi connectivity index (χ0v) is 24.6. The summed E-state index contributed by atoms with van der Waals surface area (Å²) in [5.74, 6) is 0.768. The molecule has 0 spiro atoms. The van der Waals surface area contributed by atoms with Gasteiger partial charge in [-0.25, -0.2) is 0 Å². The molecule has 3 atom stereocenters. The molecule has 2 amide bonds. The number of ether oxygens (including phenoxy) is 3. The van der Waals surface area contributed by atoms with Gasteiger partial charge in [0, 0.05) is 51.1 Å². The fourth-order valence-electron chi connectivity index (χ4n) is 5.13. The van der Waals surface area contributed by atoms with Crippen LogP contribution in [0.15, 0.2) is 72.8 Å². The predicted octanol–water partition coefficient (Wildman–Crippen LogP) is 5.00. The maximum atomic E-state index is 13.7. The van der Waals surface area contributed by atoms with Crippen LogP contribution in [-0.2, 0) is 11.2 Å². The standard InChI is InChI=1S/C33H41N3O5/c1-23-20-36(17-16-25-10-7-6-8-11-25)24(2)22-41-30-15-14-27(19-29(30)33(38)35(3)21-31(23)40-5)34-32(37)26-12-9-13-28(18-26)39-4/h6-15,18-19,23-24,31H,16-17,20-22H2,1-5H3,(H,34,37)/t23-,24+,31-/m0/s1. The third-order valence-corrected chi connectivity index (χ3v) is 7.69. The van der Waals surface area contributed by atoms with E-state index in [9.17, 15) is 9.59 Å². The van der Waals surface area contributed by atoms with Crippen LogP contribution in [0.2, 0.25) is 0 Å². The van der Waals surface area contributed by atoms with E-state index in [0.29, 0.717) is 41.5 Å². The molecule has 0 aromatic heterocycles. The van der Waals surface area contributed by atoms with Gasteiger partial charge in [-0.3, -0.25) is 14.5 Å². The zero-order valence-electron chi connectivity index (χ0n) is 24.6. The number of nitrogens with one attached hydrogen (secondary N) is 1. The number of nitrogens with zero attached hydrogens (tertiary/aromatic N) is 2. The molecule has 1 aliphatic rings. The molecule has 0 bridgehead atoms. The Hall–Kier alpha value is -3.88. The molecule has 8 nitrogen and oxygen atoms in total. The van der Waals surface area contributed by atoms with Crippen molar-refractivity contribution in [1.29, 1.82) is 0 Å². The molecule has 3 aromatic carbocycles. The first kappa shape index (κ1) is 30.1. The number of likely N-dealkylation sites (N-methyl/N-ethyl adjacent to an activating group) is 1. The van der Waals surface area contributed by atoms with Crippen molar-refractivity contribution in [2.45, 2.75) is 32.4 Å². The van der Waals surface area contributed by atoms with E-state index in [2.05, 4.69) is 48.3 Å². The van der Waals surface area contributed by atoms with E-state index in [1.165, 1.54) is 5.56 Å². The molecule has 0 radical (unpaired) electrons. The number of anilines is 1. The Bertz CT molecular complexity index is 1320. The molecular weight excluding hydrogens is 518 g/mol. The topological polar surface area (TPSA) is 80.3 Å². The molecule has 0 saturated heterocycles. The van der Waals surface area contributed by atoms with Crippen molar-refractivity contribution in [2.24, 2.45) is 5.92 Å². The lowest BCUT2D eigenvalue weighted by Gasteiger charge is -2.36. The van der Waals surface area contributed by atoms with Crippen LogP contribution in [0.1, 0.15) is 40.1 Å². The van der Waals surface area contributed by atoms with Crippen LogP contribution in [0, 0.1) is 5.92 Å². The van der Waals surface area contributed by atoms with Crippen molar-refractivity contribution in [3.63, 3.8) is 0 Å². The van der Waals surface area contributed by atoms with Crippen LogP contribution in [0.25, 0.3) is 0 Å². The highest BCUT2D eigenvalue weighted by atomic mass is 16.5. The number of rotatable bonds is 7. The highest BCUT2D eigenvalue weighted by molar-refractivity contribution is 6.05. The lowest BCUT2D eigenvalue weighted by Crippen LogP contribution is -2.47. The summed E-state index contributed by atoms with van der Waals surface area (Å²) in [6.45, 7) is 6.87. The number of fused-ring (bicyclic) bond motifs is 1. The van der Waals surface area contributed by atoms with Gasteiger partial charge in [0.2, 0.25) is 0 Å². The van der Waals surface area contributed by atoms with Crippen molar-refractivity contribution in [2.75, 3.05) is 52.8 Å². The number of methoxy groups -OCH3 is 2. The number of carbonyl (C=O) groups excluding carboxylic acids is 2. The molecule has 1 heterocycles. The van der Waals surface area contributed by atoms with E-state index in [4.69, 9.17) is 14.2 Å². The van der Waals surface area contributed by atoms with Crippen molar-refractivity contribution < 1.29 is 23.8 Å². The summed E-state index contributed by atoms with van der Waals surface area (Å²) in [5.41, 5.74) is 2.64. The number of hydrogen-bond acceptors (Lipinski definition) is 6. The first-order chi connectivity index (χ1) is 19.8. The maximum absolute atomic E-state index is 13.7. The van der Waals surface area contributed by atoms with E-state index in [1.807, 2.05) is 6.07 Å². The Labute approximate surface area is 243 Å². The molecule has 8 heteroatoms. The third-order valence-electron chi connectivity index (χ3n) is 7.69. The molecule has 4 rings (SSSR count). The maximum Gasteiger partial charge on any atom is 0.257 e. The van der Waals surface area contributed by atoms with Crippen LogP contribution in [0.3, 0.4) is 0 Å². The van der Waals surface area contributed by atoms with Crippen LogP contribution in [0.4, 0.5) is 5.69 Å². The highest BCUT2D eigenvalue weighted by Gasteiger charge is 2.28. The summed E-state index contributed by atoms with van der Waals surface area (Å²) in [5, 5.41) is 2.90. The quantitative estimate of drug-likeness (QED) is 0.439. The van der Waals surface area contributed by atoms with E-state index >= 15 is 0 Å². The van der Waals surface area contributed by atoms with Gasteiger partial charge < -0.3 is 24.4 Å². The number of benzene rings is 3. The van der Waals surface area contributed by atoms with Gasteiger partial charge in [0.05, 0.1) is 18.8 Å². The minimum Gasteiger partial charge on any atom is -0.497 e. The fraction of sp³-hybridized carbons (Fsp3) is 0.394. The predicted molar refractivity (Wildman–Crippen MR) is 161 cm³/mol. The summed E-state index contributed by atoms with van der Waals surface area (Å²) in [4.78, 5) is 30.7. The van der Waals surface area contributed by atoms with E-state index < -0.39 is 0 Å². The first-order valence-electron chi connectivity index (χ1n) is 14.1. The molecule has 1 aliphatic heterocycles. The van der Waals surface area contributed by atoms with Crippen molar-refractivity contribution in [3.8, 4) is 11.5 Å². The molecule has 0 aliphatic carbocycles. The second-order valence-electron chi connectivity index (χ2n) is 10.7. The van der Waals surface area contributed by atoms with E-state index in [1.54, 1.807) is 68.6 Å². The molecule has 3 aromatic rings. The monoisotopic (exact) mass is 559 g/mol. The Kier molecular flexibility index (Phi) is 10.4. The highest BCUT2D eigenvalue weighted by Crippen LogP contribution is 2.27. The SMILES string of the molecule is COc1cccc(C(=O)Nc2ccc3c(c2)C(=O)N(C)C[C@H](OC)[C@@H](C)CN(CCc2ccccc2)[C@H](C)CO3)c1. The first-order valence-corrected chi connectivity index (χ1v) is 14.1. The van der Waals surface area contributed by atoms with Crippen LogP contribution in [-0.4, -0.2) is 81.3 Å². The van der Waals surface area contributed by atoms with Gasteiger partial charge in [0.25, 0.3) is 11.8 Å². The smallest absolute Gasteiger partial charge is 0.257 e. The minimum absolute atomic E-state index is 0.103. The summed E-state index contributed by atoms with van der Waals surface area (Å²) in [6.07, 6.45) is 0.788. The number of carbonyl (C=O) groups is 2. The van der Waals surface area contributed by atoms with E-state index in [0.717, 1.165) is 19.5 Å². The fourth-order valence-corrected chi connectivity index (χ4v) is 5.13. The Morgan fingerprint density at radius 3 is 2.51 bits per heavy atom. The molecule has 0 fully saturated rings. The molecule has 0 unspecified atom stereocenters. The van der Waals surface area contributed by atoms with Crippen molar-refractivity contribution >= 4 is 17.5 Å². The van der Waals surface area contributed by atoms with Crippen molar-refractivity contribution in [1.82, 2.24) is 9.80 Å². The summed E-state index contributed by atoms with van der Waals surface area (Å²) in [7, 11) is 5.03. The summed E-state index contributed by atoms with van der Waals surface area (Å²) in [6, 6.07) is 22.7. The lowest BCUT2D eigenvalue weighted by molar-refractivity contribution is 0.0109. The van der Waals surface area contributed by atoms with Crippen molar-refractivity contribution in [3.05, 3.63) is 89.5 Å². The zero-order chi connectivity index (χ0) is 29.4. The van der Waals surface area contributed by atoms with Gasteiger partial charge in [-0.1, -0.05) is 43.3 Å². The van der Waals surface area contributed by atoms with Gasteiger partial charge in [-0.2, -0.15) is 0 Å². The summed E-state index contributed by atoms with van der Waals surface area (Å²) < 4.78 is 17.4.